The summed E-state index contributed by atoms with van der Waals surface area (Å²) in [7, 11) is 0. The first kappa shape index (κ1) is 24.6. The van der Waals surface area contributed by atoms with Crippen molar-refractivity contribution in [3.63, 3.8) is 0 Å². The minimum Gasteiger partial charge on any atom is -0.456 e. The predicted molar refractivity (Wildman–Crippen MR) is 124 cm³/mol. The molecular formula is C25H27N3O6. The van der Waals surface area contributed by atoms with Crippen LogP contribution in [-0.2, 0) is 24.7 Å². The van der Waals surface area contributed by atoms with Gasteiger partial charge in [0, 0.05) is 17.7 Å². The molecule has 9 nitrogen and oxygen atoms in total. The Bertz CT molecular complexity index is 1080. The highest BCUT2D eigenvalue weighted by Gasteiger charge is 2.51. The van der Waals surface area contributed by atoms with Crippen molar-refractivity contribution in [2.24, 2.45) is 0 Å². The van der Waals surface area contributed by atoms with Crippen LogP contribution in [0.5, 0.6) is 0 Å². The van der Waals surface area contributed by atoms with Crippen molar-refractivity contribution in [1.29, 1.82) is 0 Å². The van der Waals surface area contributed by atoms with Gasteiger partial charge in [0.1, 0.15) is 12.1 Å². The van der Waals surface area contributed by atoms with E-state index in [9.17, 15) is 24.0 Å². The molecule has 1 fully saturated rings. The average molecular weight is 466 g/mol. The van der Waals surface area contributed by atoms with Gasteiger partial charge in [0.05, 0.1) is 0 Å². The smallest absolute Gasteiger partial charge is 0.326 e. The molecule has 2 N–H and O–H groups in total. The number of hydrogen-bond acceptors (Lipinski definition) is 6. The lowest BCUT2D eigenvalue weighted by Gasteiger charge is -2.25. The number of nitrogens with zero attached hydrogens (tertiary/aromatic N) is 1. The van der Waals surface area contributed by atoms with Gasteiger partial charge in [0.25, 0.3) is 5.91 Å². The van der Waals surface area contributed by atoms with Crippen molar-refractivity contribution in [2.45, 2.75) is 38.6 Å². The Hall–Kier alpha value is -4.01. The molecule has 1 saturated heterocycles. The summed E-state index contributed by atoms with van der Waals surface area (Å²) in [5, 5.41) is 5.41. The normalized spacial score (nSPS) is 17.3. The minimum absolute atomic E-state index is 0.115. The molecule has 2 aromatic carbocycles. The monoisotopic (exact) mass is 465 g/mol. The SMILES string of the molecule is CCCC(=O)Nc1ccc(C(=O)COC(=O)CN2C(=O)NC(CC)(c3ccccc3)C2=O)cc1. The zero-order valence-corrected chi connectivity index (χ0v) is 19.1. The van der Waals surface area contributed by atoms with Crippen molar-refractivity contribution in [2.75, 3.05) is 18.5 Å². The fourth-order valence-corrected chi connectivity index (χ4v) is 3.73. The predicted octanol–water partition coefficient (Wildman–Crippen LogP) is 3.01. The van der Waals surface area contributed by atoms with Crippen LogP contribution < -0.4 is 10.6 Å². The van der Waals surface area contributed by atoms with E-state index in [4.69, 9.17) is 4.74 Å². The van der Waals surface area contributed by atoms with E-state index in [0.717, 1.165) is 11.3 Å². The highest BCUT2D eigenvalue weighted by molar-refractivity contribution is 6.09. The van der Waals surface area contributed by atoms with E-state index in [2.05, 4.69) is 10.6 Å². The Morgan fingerprint density at radius 1 is 1.00 bits per heavy atom. The third kappa shape index (κ3) is 5.31. The Kier molecular flexibility index (Phi) is 7.78. The number of carbonyl (C=O) groups excluding carboxylic acids is 5. The number of hydrogen-bond donors (Lipinski definition) is 2. The van der Waals surface area contributed by atoms with Gasteiger partial charge in [0.15, 0.2) is 12.4 Å². The van der Waals surface area contributed by atoms with E-state index in [-0.39, 0.29) is 5.91 Å². The molecule has 0 aromatic heterocycles. The molecule has 1 aliphatic heterocycles. The third-order valence-corrected chi connectivity index (χ3v) is 5.59. The molecule has 0 bridgehead atoms. The fourth-order valence-electron chi connectivity index (χ4n) is 3.73. The first-order valence-electron chi connectivity index (χ1n) is 11.1. The van der Waals surface area contributed by atoms with E-state index in [1.807, 2.05) is 6.92 Å². The summed E-state index contributed by atoms with van der Waals surface area (Å²) >= 11 is 0. The number of esters is 1. The Morgan fingerprint density at radius 3 is 2.29 bits per heavy atom. The van der Waals surface area contributed by atoms with Crippen LogP contribution in [0.4, 0.5) is 10.5 Å². The zero-order valence-electron chi connectivity index (χ0n) is 19.1. The first-order valence-corrected chi connectivity index (χ1v) is 11.1. The zero-order chi connectivity index (χ0) is 24.7. The number of nitrogens with one attached hydrogen (secondary N) is 2. The van der Waals surface area contributed by atoms with Crippen molar-refractivity contribution in [3.8, 4) is 0 Å². The first-order chi connectivity index (χ1) is 16.3. The number of amides is 4. The van der Waals surface area contributed by atoms with Crippen molar-refractivity contribution < 1.29 is 28.7 Å². The number of ether oxygens (including phenoxy) is 1. The standard InChI is InChI=1S/C25H27N3O6/c1-3-8-21(30)26-19-13-11-17(12-14-19)20(29)16-34-22(31)15-28-23(32)25(4-2,27-24(28)33)18-9-6-5-7-10-18/h5-7,9-14H,3-4,8,15-16H2,1-2H3,(H,26,30)(H,27,33). The second kappa shape index (κ2) is 10.7. The number of Topliss-reactive ketones (excluding diaryl/α,β-unsaturated/α-hetero) is 1. The summed E-state index contributed by atoms with van der Waals surface area (Å²) in [6.07, 6.45) is 1.43. The molecule has 1 heterocycles. The van der Waals surface area contributed by atoms with Crippen LogP contribution in [0.2, 0.25) is 0 Å². The second-order valence-electron chi connectivity index (χ2n) is 7.91. The van der Waals surface area contributed by atoms with Gasteiger partial charge in [-0.05, 0) is 42.7 Å². The lowest BCUT2D eigenvalue weighted by molar-refractivity contribution is -0.147. The molecule has 1 atom stereocenters. The maximum absolute atomic E-state index is 13.1. The molecule has 4 amide bonds. The molecule has 178 valence electrons. The molecule has 2 aromatic rings. The topological polar surface area (TPSA) is 122 Å². The lowest BCUT2D eigenvalue weighted by atomic mass is 9.87. The number of urea groups is 1. The maximum atomic E-state index is 13.1. The summed E-state index contributed by atoms with van der Waals surface area (Å²) in [6, 6.07) is 14.3. The van der Waals surface area contributed by atoms with Gasteiger partial charge in [0.2, 0.25) is 5.91 Å². The van der Waals surface area contributed by atoms with Crippen molar-refractivity contribution >= 4 is 35.3 Å². The Labute approximate surface area is 197 Å². The second-order valence-corrected chi connectivity index (χ2v) is 7.91. The molecule has 0 aliphatic carbocycles. The molecule has 3 rings (SSSR count). The van der Waals surface area contributed by atoms with Crippen LogP contribution in [0.15, 0.2) is 54.6 Å². The summed E-state index contributed by atoms with van der Waals surface area (Å²) in [5.74, 6) is -1.99. The van der Waals surface area contributed by atoms with Crippen LogP contribution in [0, 0.1) is 0 Å². The number of carbonyl (C=O) groups is 5. The van der Waals surface area contributed by atoms with Crippen LogP contribution in [0.25, 0.3) is 0 Å². The van der Waals surface area contributed by atoms with Crippen molar-refractivity contribution in [3.05, 3.63) is 65.7 Å². The third-order valence-electron chi connectivity index (χ3n) is 5.59. The van der Waals surface area contributed by atoms with Gasteiger partial charge in [-0.25, -0.2) is 4.79 Å². The van der Waals surface area contributed by atoms with Crippen LogP contribution in [0.1, 0.15) is 49.0 Å². The number of imide groups is 1. The number of ketones is 1. The Balaban J connectivity index is 1.56. The molecule has 0 radical (unpaired) electrons. The van der Waals surface area contributed by atoms with E-state index < -0.39 is 42.4 Å². The van der Waals surface area contributed by atoms with Gasteiger partial charge >= 0.3 is 12.0 Å². The summed E-state index contributed by atoms with van der Waals surface area (Å²) in [6.45, 7) is 2.53. The fraction of sp³-hybridized carbons (Fsp3) is 0.320. The highest BCUT2D eigenvalue weighted by atomic mass is 16.5. The van der Waals surface area contributed by atoms with Gasteiger partial charge < -0.3 is 15.4 Å². The molecule has 1 unspecified atom stereocenters. The van der Waals surface area contributed by atoms with E-state index in [1.165, 1.54) is 12.1 Å². The lowest BCUT2D eigenvalue weighted by Crippen LogP contribution is -2.44. The average Bonchev–Trinajstić information content (AvgIpc) is 3.08. The number of benzene rings is 2. The van der Waals surface area contributed by atoms with Gasteiger partial charge in [-0.1, -0.05) is 44.2 Å². The van der Waals surface area contributed by atoms with Crippen molar-refractivity contribution in [1.82, 2.24) is 10.2 Å². The van der Waals surface area contributed by atoms with Crippen LogP contribution in [0.3, 0.4) is 0 Å². The quantitative estimate of drug-likeness (QED) is 0.316. The molecule has 0 spiro atoms. The minimum atomic E-state index is -1.25. The summed E-state index contributed by atoms with van der Waals surface area (Å²) < 4.78 is 5.02. The number of rotatable bonds is 10. The molecular weight excluding hydrogens is 438 g/mol. The van der Waals surface area contributed by atoms with Gasteiger partial charge in [-0.3, -0.25) is 24.1 Å². The largest absolute Gasteiger partial charge is 0.456 e. The van der Waals surface area contributed by atoms with E-state index in [0.29, 0.717) is 29.7 Å². The molecule has 1 aliphatic rings. The summed E-state index contributed by atoms with van der Waals surface area (Å²) in [4.78, 5) is 62.6. The van der Waals surface area contributed by atoms with E-state index >= 15 is 0 Å². The summed E-state index contributed by atoms with van der Waals surface area (Å²) in [5.41, 5.74) is 0.230. The Morgan fingerprint density at radius 2 is 1.68 bits per heavy atom. The molecule has 34 heavy (non-hydrogen) atoms. The molecule has 0 saturated carbocycles. The van der Waals surface area contributed by atoms with E-state index in [1.54, 1.807) is 49.4 Å². The van der Waals surface area contributed by atoms with Crippen LogP contribution >= 0.6 is 0 Å². The van der Waals surface area contributed by atoms with Crippen LogP contribution in [-0.4, -0.2) is 47.6 Å². The van der Waals surface area contributed by atoms with Gasteiger partial charge in [-0.2, -0.15) is 0 Å². The number of anilines is 1. The molecule has 9 heteroatoms. The maximum Gasteiger partial charge on any atom is 0.326 e. The highest BCUT2D eigenvalue weighted by Crippen LogP contribution is 2.32. The van der Waals surface area contributed by atoms with Gasteiger partial charge in [-0.15, -0.1) is 0 Å².